The third-order valence-electron chi connectivity index (χ3n) is 8.59. The quantitative estimate of drug-likeness (QED) is 0.203. The first kappa shape index (κ1) is 27.8. The van der Waals surface area contributed by atoms with Crippen molar-refractivity contribution in [3.63, 3.8) is 0 Å². The summed E-state index contributed by atoms with van der Waals surface area (Å²) in [5, 5.41) is 0.343. The van der Waals surface area contributed by atoms with E-state index in [2.05, 4.69) is 65.6 Å². The lowest BCUT2D eigenvalue weighted by Crippen LogP contribution is -2.56. The van der Waals surface area contributed by atoms with E-state index in [9.17, 15) is 14.4 Å². The fourth-order valence-electron chi connectivity index (χ4n) is 6.32. The minimum Gasteiger partial charge on any atom is -0.356 e. The molecule has 1 aliphatic heterocycles. The van der Waals surface area contributed by atoms with Crippen LogP contribution < -0.4 is 4.90 Å². The van der Waals surface area contributed by atoms with E-state index in [4.69, 9.17) is 0 Å². The van der Waals surface area contributed by atoms with Crippen molar-refractivity contribution in [2.75, 3.05) is 4.90 Å². The van der Waals surface area contributed by atoms with Gasteiger partial charge in [-0.2, -0.15) is 0 Å². The van der Waals surface area contributed by atoms with Crippen molar-refractivity contribution in [3.8, 4) is 11.1 Å². The van der Waals surface area contributed by atoms with Gasteiger partial charge in [-0.1, -0.05) is 121 Å². The molecule has 0 bridgehead atoms. The Hall–Kier alpha value is -5.00. The van der Waals surface area contributed by atoms with E-state index in [1.807, 2.05) is 84.6 Å². The van der Waals surface area contributed by atoms with Crippen molar-refractivity contribution in [3.05, 3.63) is 161 Å². The third kappa shape index (κ3) is 5.20. The molecular weight excluding hydrogens is 563 g/mol. The summed E-state index contributed by atoms with van der Waals surface area (Å²) in [6.07, 6.45) is 16.3. The Bertz CT molecular complexity index is 1850. The maximum absolute atomic E-state index is 11.8. The molecule has 7 rings (SSSR count). The van der Waals surface area contributed by atoms with Crippen LogP contribution >= 0.6 is 11.8 Å². The second-order valence-corrected chi connectivity index (χ2v) is 12.5. The second kappa shape index (κ2) is 11.9. The van der Waals surface area contributed by atoms with E-state index in [0.717, 1.165) is 57.9 Å². The molecule has 3 aliphatic rings. The van der Waals surface area contributed by atoms with Gasteiger partial charge >= 0.3 is 0 Å². The average Bonchev–Trinajstić information content (AvgIpc) is 3.10. The first-order chi connectivity index (χ1) is 21.6. The van der Waals surface area contributed by atoms with E-state index in [-0.39, 0.29) is 22.6 Å². The lowest BCUT2D eigenvalue weighted by atomic mass is 9.89. The van der Waals surface area contributed by atoms with Gasteiger partial charge in [0, 0.05) is 32.9 Å². The standard InChI is InChI=1S/C39H29NO3S/c41-23-26-5-9-28(10-6-26)29-13-17-34(18-14-29)40-36-19-15-31(30-11-7-27(24-42)8-12-30)21-38(36)44-39-22-32(16-20-37(39)40)35-4-2-1-3-33(35)25-43/h1-25,36-39H. The number of allylic oxidation sites excluding steroid dienone is 4. The van der Waals surface area contributed by atoms with Gasteiger partial charge in [0.25, 0.3) is 0 Å². The molecule has 0 spiro atoms. The SMILES string of the molecule is O=Cc1ccc(C2=CC3SC4C=C(c5ccccc5C=O)C=CC4N(c4ccc(-c5ccc(C=O)cc5)cc4)C3C=C2)cc1. The van der Waals surface area contributed by atoms with Gasteiger partial charge in [-0.05, 0) is 45.5 Å². The summed E-state index contributed by atoms with van der Waals surface area (Å²) >= 11 is 1.95. The lowest BCUT2D eigenvalue weighted by molar-refractivity contribution is 0.111. The minimum atomic E-state index is 0.123. The van der Waals surface area contributed by atoms with Crippen molar-refractivity contribution in [2.45, 2.75) is 22.6 Å². The maximum atomic E-state index is 11.8. The molecule has 1 fully saturated rings. The van der Waals surface area contributed by atoms with Crippen LogP contribution in [0.3, 0.4) is 0 Å². The number of carbonyl (C=O) groups excluding carboxylic acids is 3. The van der Waals surface area contributed by atoms with Crippen molar-refractivity contribution >= 4 is 47.5 Å². The van der Waals surface area contributed by atoms with E-state index < -0.39 is 0 Å². The number of carbonyl (C=O) groups is 3. The molecule has 0 N–H and O–H groups in total. The molecule has 4 atom stereocenters. The van der Waals surface area contributed by atoms with E-state index in [0.29, 0.717) is 16.7 Å². The maximum Gasteiger partial charge on any atom is 0.150 e. The molecule has 4 aromatic carbocycles. The summed E-state index contributed by atoms with van der Waals surface area (Å²) in [5.41, 5.74) is 9.56. The lowest BCUT2D eigenvalue weighted by Gasteiger charge is -2.50. The highest BCUT2D eigenvalue weighted by Crippen LogP contribution is 2.45. The molecule has 0 amide bonds. The largest absolute Gasteiger partial charge is 0.356 e. The summed E-state index contributed by atoms with van der Waals surface area (Å²) in [4.78, 5) is 36.7. The fourth-order valence-corrected chi connectivity index (χ4v) is 7.90. The van der Waals surface area contributed by atoms with Crippen LogP contribution in [-0.2, 0) is 0 Å². The fraction of sp³-hybridized carbons (Fsp3) is 0.103. The number of fused-ring (bicyclic) bond motifs is 2. The first-order valence-electron chi connectivity index (χ1n) is 14.6. The van der Waals surface area contributed by atoms with E-state index in [1.54, 1.807) is 0 Å². The van der Waals surface area contributed by atoms with Crippen LogP contribution in [0, 0.1) is 0 Å². The molecule has 0 radical (unpaired) electrons. The summed E-state index contributed by atoms with van der Waals surface area (Å²) in [6.45, 7) is 0. The zero-order chi connectivity index (χ0) is 30.0. The van der Waals surface area contributed by atoms with Crippen molar-refractivity contribution in [1.82, 2.24) is 0 Å². The number of nitrogens with zero attached hydrogens (tertiary/aromatic N) is 1. The molecule has 2 aliphatic carbocycles. The van der Waals surface area contributed by atoms with Crippen LogP contribution in [0.2, 0.25) is 0 Å². The Kier molecular flexibility index (Phi) is 7.55. The van der Waals surface area contributed by atoms with Gasteiger partial charge in [0.15, 0.2) is 6.29 Å². The Morgan fingerprint density at radius 2 is 1.07 bits per heavy atom. The minimum absolute atomic E-state index is 0.123. The number of hydrogen-bond acceptors (Lipinski definition) is 5. The molecule has 0 saturated carbocycles. The second-order valence-electron chi connectivity index (χ2n) is 11.1. The van der Waals surface area contributed by atoms with Crippen molar-refractivity contribution in [1.29, 1.82) is 0 Å². The first-order valence-corrected chi connectivity index (χ1v) is 15.6. The molecule has 44 heavy (non-hydrogen) atoms. The molecular formula is C39H29NO3S. The zero-order valence-electron chi connectivity index (χ0n) is 23.8. The van der Waals surface area contributed by atoms with Gasteiger partial charge in [-0.3, -0.25) is 14.4 Å². The van der Waals surface area contributed by atoms with Crippen LogP contribution in [0.4, 0.5) is 5.69 Å². The normalized spacial score (nSPS) is 21.9. The van der Waals surface area contributed by atoms with Crippen LogP contribution in [0.1, 0.15) is 42.2 Å². The average molecular weight is 592 g/mol. The highest BCUT2D eigenvalue weighted by atomic mass is 32.2. The number of anilines is 1. The Morgan fingerprint density at radius 1 is 0.545 bits per heavy atom. The highest BCUT2D eigenvalue weighted by molar-refractivity contribution is 8.01. The van der Waals surface area contributed by atoms with Gasteiger partial charge < -0.3 is 4.90 Å². The third-order valence-corrected chi connectivity index (χ3v) is 10.0. The molecule has 0 aromatic heterocycles. The van der Waals surface area contributed by atoms with Crippen molar-refractivity contribution in [2.24, 2.45) is 0 Å². The van der Waals surface area contributed by atoms with Crippen LogP contribution in [0.5, 0.6) is 0 Å². The van der Waals surface area contributed by atoms with Gasteiger partial charge in [-0.15, -0.1) is 11.8 Å². The molecule has 5 heteroatoms. The van der Waals surface area contributed by atoms with Gasteiger partial charge in [0.2, 0.25) is 0 Å². The summed E-state index contributed by atoms with van der Waals surface area (Å²) in [5.74, 6) is 0. The predicted molar refractivity (Wildman–Crippen MR) is 180 cm³/mol. The number of hydrogen-bond donors (Lipinski definition) is 0. The van der Waals surface area contributed by atoms with Gasteiger partial charge in [0.1, 0.15) is 12.6 Å². The molecule has 1 heterocycles. The van der Waals surface area contributed by atoms with Gasteiger partial charge in [0.05, 0.1) is 12.1 Å². The monoisotopic (exact) mass is 591 g/mol. The highest BCUT2D eigenvalue weighted by Gasteiger charge is 2.42. The number of aldehydes is 3. The zero-order valence-corrected chi connectivity index (χ0v) is 24.6. The topological polar surface area (TPSA) is 54.5 Å². The smallest absolute Gasteiger partial charge is 0.150 e. The Balaban J connectivity index is 1.26. The summed E-state index contributed by atoms with van der Waals surface area (Å²) < 4.78 is 0. The summed E-state index contributed by atoms with van der Waals surface area (Å²) in [7, 11) is 0. The molecule has 4 unspecified atom stereocenters. The molecule has 4 nitrogen and oxygen atoms in total. The predicted octanol–water partition coefficient (Wildman–Crippen LogP) is 8.13. The summed E-state index contributed by atoms with van der Waals surface area (Å²) in [6, 6.07) is 32.1. The van der Waals surface area contributed by atoms with Gasteiger partial charge in [-0.25, -0.2) is 0 Å². The number of rotatable bonds is 7. The van der Waals surface area contributed by atoms with Crippen LogP contribution in [0.15, 0.2) is 134 Å². The number of benzene rings is 4. The molecule has 4 aromatic rings. The number of thioether (sulfide) groups is 1. The van der Waals surface area contributed by atoms with Crippen LogP contribution in [-0.4, -0.2) is 41.4 Å². The van der Waals surface area contributed by atoms with Crippen molar-refractivity contribution < 1.29 is 14.4 Å². The Labute approximate surface area is 261 Å². The van der Waals surface area contributed by atoms with Crippen LogP contribution in [0.25, 0.3) is 22.3 Å². The molecule has 214 valence electrons. The molecule has 1 saturated heterocycles. The van der Waals surface area contributed by atoms with E-state index in [1.165, 1.54) is 0 Å². The van der Waals surface area contributed by atoms with E-state index >= 15 is 0 Å². The Morgan fingerprint density at radius 3 is 1.66 bits per heavy atom.